The zero-order valence-corrected chi connectivity index (χ0v) is 12.3. The Morgan fingerprint density at radius 1 is 1.38 bits per heavy atom. The van der Waals surface area contributed by atoms with E-state index in [0.29, 0.717) is 17.6 Å². The van der Waals surface area contributed by atoms with Gasteiger partial charge < -0.3 is 4.74 Å². The number of fused-ring (bicyclic) bond motifs is 1. The van der Waals surface area contributed by atoms with Crippen LogP contribution in [0.25, 0.3) is 10.9 Å². The Morgan fingerprint density at radius 3 is 2.95 bits per heavy atom. The van der Waals surface area contributed by atoms with E-state index in [-0.39, 0.29) is 5.92 Å². The van der Waals surface area contributed by atoms with Crippen LogP contribution in [-0.2, 0) is 4.74 Å². The molecule has 2 atom stereocenters. The maximum absolute atomic E-state index is 14.6. The Bertz CT molecular complexity index is 657. The van der Waals surface area contributed by atoms with Crippen LogP contribution in [0.1, 0.15) is 17.9 Å². The lowest BCUT2D eigenvalue weighted by Crippen LogP contribution is -2.54. The maximum atomic E-state index is 14.6. The third-order valence-electron chi connectivity index (χ3n) is 4.67. The van der Waals surface area contributed by atoms with E-state index in [9.17, 15) is 4.39 Å². The van der Waals surface area contributed by atoms with E-state index in [1.54, 1.807) is 6.20 Å². The summed E-state index contributed by atoms with van der Waals surface area (Å²) < 4.78 is 19.8. The van der Waals surface area contributed by atoms with Gasteiger partial charge in [0.05, 0.1) is 31.0 Å². The topological polar surface area (TPSA) is 41.1 Å². The second kappa shape index (κ2) is 5.23. The molecule has 2 aliphatic rings. The highest BCUT2D eigenvalue weighted by Gasteiger charge is 2.36. The largest absolute Gasteiger partial charge is 0.378 e. The molecule has 0 saturated carbocycles. The van der Waals surface area contributed by atoms with E-state index < -0.39 is 6.17 Å². The fourth-order valence-electron chi connectivity index (χ4n) is 3.31. The number of benzene rings is 1. The number of halogens is 2. The number of nitrogens with zero attached hydrogens (tertiary/aromatic N) is 2. The molecule has 0 spiro atoms. The lowest BCUT2D eigenvalue weighted by atomic mass is 9.86. The van der Waals surface area contributed by atoms with Crippen molar-refractivity contribution in [3.8, 4) is 0 Å². The van der Waals surface area contributed by atoms with Gasteiger partial charge in [-0.1, -0.05) is 11.6 Å². The highest BCUT2D eigenvalue weighted by Crippen LogP contribution is 2.37. The van der Waals surface area contributed by atoms with Crippen molar-refractivity contribution in [2.24, 2.45) is 0 Å². The van der Waals surface area contributed by atoms with Gasteiger partial charge in [-0.3, -0.25) is 10.00 Å². The Balaban J connectivity index is 1.58. The molecule has 3 heterocycles. The molecule has 4 rings (SSSR count). The smallest absolute Gasteiger partial charge is 0.120 e. The number of aromatic nitrogens is 2. The monoisotopic (exact) mass is 309 g/mol. The van der Waals surface area contributed by atoms with Crippen molar-refractivity contribution in [3.63, 3.8) is 0 Å². The van der Waals surface area contributed by atoms with Crippen molar-refractivity contribution < 1.29 is 9.13 Å². The predicted molar refractivity (Wildman–Crippen MR) is 79.5 cm³/mol. The SMILES string of the molecule is F[C@H]1CN(C2COC2)CC[C@@H]1c1cc2[nH]ncc2cc1Cl. The summed E-state index contributed by atoms with van der Waals surface area (Å²) in [6.07, 6.45) is 1.63. The van der Waals surface area contributed by atoms with E-state index in [2.05, 4.69) is 15.1 Å². The molecule has 4 nitrogen and oxygen atoms in total. The molecule has 6 heteroatoms. The normalized spacial score (nSPS) is 27.9. The number of likely N-dealkylation sites (tertiary alicyclic amines) is 1. The molecule has 1 N–H and O–H groups in total. The molecule has 1 aromatic heterocycles. The minimum Gasteiger partial charge on any atom is -0.378 e. The molecule has 0 unspecified atom stereocenters. The molecule has 2 fully saturated rings. The van der Waals surface area contributed by atoms with Gasteiger partial charge in [-0.25, -0.2) is 4.39 Å². The molecule has 0 radical (unpaired) electrons. The van der Waals surface area contributed by atoms with E-state index in [0.717, 1.165) is 42.6 Å². The number of hydrogen-bond acceptors (Lipinski definition) is 3. The summed E-state index contributed by atoms with van der Waals surface area (Å²) >= 11 is 6.35. The third kappa shape index (κ3) is 2.33. The van der Waals surface area contributed by atoms with Gasteiger partial charge in [0.15, 0.2) is 0 Å². The number of nitrogens with one attached hydrogen (secondary N) is 1. The molecule has 0 aliphatic carbocycles. The van der Waals surface area contributed by atoms with Crippen LogP contribution in [0.5, 0.6) is 0 Å². The second-order valence-electron chi connectivity index (χ2n) is 5.93. The first-order chi connectivity index (χ1) is 10.2. The molecular formula is C15H17ClFN3O. The Labute approximate surface area is 127 Å². The van der Waals surface area contributed by atoms with Crippen molar-refractivity contribution in [1.82, 2.24) is 15.1 Å². The third-order valence-corrected chi connectivity index (χ3v) is 4.99. The van der Waals surface area contributed by atoms with Crippen LogP contribution in [0, 0.1) is 0 Å². The van der Waals surface area contributed by atoms with Crippen LogP contribution in [0.4, 0.5) is 4.39 Å². The van der Waals surface area contributed by atoms with Crippen LogP contribution in [0.3, 0.4) is 0 Å². The Morgan fingerprint density at radius 2 is 2.24 bits per heavy atom. The van der Waals surface area contributed by atoms with E-state index >= 15 is 0 Å². The summed E-state index contributed by atoms with van der Waals surface area (Å²) in [7, 11) is 0. The van der Waals surface area contributed by atoms with Gasteiger partial charge in [0, 0.05) is 22.9 Å². The molecule has 2 saturated heterocycles. The highest BCUT2D eigenvalue weighted by atomic mass is 35.5. The zero-order chi connectivity index (χ0) is 14.4. The molecule has 112 valence electrons. The van der Waals surface area contributed by atoms with Gasteiger partial charge in [-0.2, -0.15) is 5.10 Å². The molecule has 21 heavy (non-hydrogen) atoms. The van der Waals surface area contributed by atoms with Gasteiger partial charge in [-0.15, -0.1) is 0 Å². The molecule has 2 aromatic rings. The summed E-state index contributed by atoms with van der Waals surface area (Å²) in [5.74, 6) is -0.137. The lowest BCUT2D eigenvalue weighted by Gasteiger charge is -2.43. The van der Waals surface area contributed by atoms with Crippen molar-refractivity contribution in [3.05, 3.63) is 28.9 Å². The van der Waals surface area contributed by atoms with Crippen molar-refractivity contribution in [2.75, 3.05) is 26.3 Å². The summed E-state index contributed by atoms with van der Waals surface area (Å²) in [6, 6.07) is 4.22. The highest BCUT2D eigenvalue weighted by molar-refractivity contribution is 6.32. The number of piperidine rings is 1. The number of rotatable bonds is 2. The first-order valence-corrected chi connectivity index (χ1v) is 7.68. The van der Waals surface area contributed by atoms with Crippen molar-refractivity contribution in [1.29, 1.82) is 0 Å². The number of aromatic amines is 1. The molecule has 0 amide bonds. The van der Waals surface area contributed by atoms with Crippen LogP contribution < -0.4 is 0 Å². The van der Waals surface area contributed by atoms with Crippen LogP contribution in [0.15, 0.2) is 18.3 Å². The minimum atomic E-state index is -0.891. The van der Waals surface area contributed by atoms with Crippen LogP contribution in [-0.4, -0.2) is 53.6 Å². The van der Waals surface area contributed by atoms with Gasteiger partial charge in [0.25, 0.3) is 0 Å². The number of H-pyrrole nitrogens is 1. The first-order valence-electron chi connectivity index (χ1n) is 7.31. The van der Waals surface area contributed by atoms with Gasteiger partial charge in [-0.05, 0) is 30.7 Å². The predicted octanol–water partition coefficient (Wildman–Crippen LogP) is 2.74. The average Bonchev–Trinajstić information content (AvgIpc) is 2.83. The fraction of sp³-hybridized carbons (Fsp3) is 0.533. The van der Waals surface area contributed by atoms with Gasteiger partial charge in [0.2, 0.25) is 0 Å². The zero-order valence-electron chi connectivity index (χ0n) is 11.6. The van der Waals surface area contributed by atoms with E-state index in [1.165, 1.54) is 0 Å². The minimum absolute atomic E-state index is 0.137. The van der Waals surface area contributed by atoms with Gasteiger partial charge >= 0.3 is 0 Å². The van der Waals surface area contributed by atoms with Crippen LogP contribution in [0.2, 0.25) is 5.02 Å². The van der Waals surface area contributed by atoms with Crippen molar-refractivity contribution in [2.45, 2.75) is 24.6 Å². The first kappa shape index (κ1) is 13.5. The molecule has 0 bridgehead atoms. The summed E-state index contributed by atoms with van der Waals surface area (Å²) in [6.45, 7) is 2.84. The Kier molecular flexibility index (Phi) is 3.36. The molecular weight excluding hydrogens is 293 g/mol. The number of hydrogen-bond donors (Lipinski definition) is 1. The maximum Gasteiger partial charge on any atom is 0.120 e. The summed E-state index contributed by atoms with van der Waals surface area (Å²) in [5, 5.41) is 8.53. The van der Waals surface area contributed by atoms with Crippen molar-refractivity contribution >= 4 is 22.5 Å². The van der Waals surface area contributed by atoms with E-state index in [4.69, 9.17) is 16.3 Å². The summed E-state index contributed by atoms with van der Waals surface area (Å²) in [4.78, 5) is 2.20. The van der Waals surface area contributed by atoms with Crippen LogP contribution >= 0.6 is 11.6 Å². The second-order valence-corrected chi connectivity index (χ2v) is 6.34. The quantitative estimate of drug-likeness (QED) is 0.927. The van der Waals surface area contributed by atoms with Gasteiger partial charge in [0.1, 0.15) is 6.17 Å². The number of ether oxygens (including phenoxy) is 1. The Hall–Kier alpha value is -1.17. The summed E-state index contributed by atoms with van der Waals surface area (Å²) in [5.41, 5.74) is 1.81. The van der Waals surface area contributed by atoms with E-state index in [1.807, 2.05) is 12.1 Å². The average molecular weight is 310 g/mol. The lowest BCUT2D eigenvalue weighted by molar-refractivity contribution is -0.0806. The molecule has 1 aromatic carbocycles. The molecule has 2 aliphatic heterocycles. The number of alkyl halides is 1. The standard InChI is InChI=1S/C15H17ClFN3O/c16-13-3-9-5-18-19-15(9)4-12(13)11-1-2-20(6-14(11)17)10-7-21-8-10/h3-5,10-11,14H,1-2,6-8H2,(H,18,19)/t11-,14+/m1/s1. The fourth-order valence-corrected chi connectivity index (χ4v) is 3.62.